The van der Waals surface area contributed by atoms with Crippen LogP contribution < -0.4 is 21.7 Å². The number of hydrogen-bond acceptors (Lipinski definition) is 7. The molecule has 33 heavy (non-hydrogen) atoms. The fourth-order valence-corrected chi connectivity index (χ4v) is 3.62. The zero-order chi connectivity index (χ0) is 23.5. The van der Waals surface area contributed by atoms with Crippen molar-refractivity contribution in [3.8, 4) is 5.69 Å². The van der Waals surface area contributed by atoms with Crippen molar-refractivity contribution in [3.05, 3.63) is 54.1 Å². The quantitative estimate of drug-likeness (QED) is 0.330. The van der Waals surface area contributed by atoms with Crippen molar-refractivity contribution >= 4 is 29.3 Å². The van der Waals surface area contributed by atoms with Gasteiger partial charge in [-0.1, -0.05) is 6.07 Å². The van der Waals surface area contributed by atoms with Crippen LogP contribution in [-0.4, -0.2) is 49.2 Å². The molecule has 1 aliphatic carbocycles. The number of nitrogens with zero attached hydrogens (tertiary/aromatic N) is 4. The van der Waals surface area contributed by atoms with Crippen LogP contribution in [0.3, 0.4) is 0 Å². The van der Waals surface area contributed by atoms with E-state index in [0.717, 1.165) is 18.9 Å². The first-order chi connectivity index (χ1) is 15.8. The summed E-state index contributed by atoms with van der Waals surface area (Å²) in [7, 11) is 0. The fraction of sp³-hybridized carbons (Fsp3) is 0.286. The number of benzene rings is 1. The van der Waals surface area contributed by atoms with E-state index in [1.54, 1.807) is 43.6 Å². The highest BCUT2D eigenvalue weighted by molar-refractivity contribution is 5.98. The topological polar surface area (TPSA) is 160 Å². The number of rotatable bonds is 9. The number of carbonyl (C=O) groups is 2. The summed E-state index contributed by atoms with van der Waals surface area (Å²) in [5, 5.41) is 25.6. The van der Waals surface area contributed by atoms with Crippen molar-refractivity contribution in [2.75, 3.05) is 10.6 Å². The van der Waals surface area contributed by atoms with Crippen molar-refractivity contribution in [1.82, 2.24) is 25.3 Å². The van der Waals surface area contributed by atoms with Crippen LogP contribution >= 0.6 is 0 Å². The summed E-state index contributed by atoms with van der Waals surface area (Å²) in [6.07, 6.45) is 3.71. The maximum atomic E-state index is 14.8. The highest BCUT2D eigenvalue weighted by atomic mass is 19.1. The molecule has 0 unspecified atom stereocenters. The Morgan fingerprint density at radius 1 is 1.21 bits per heavy atom. The highest BCUT2D eigenvalue weighted by Gasteiger charge is 2.36. The Bertz CT molecular complexity index is 1170. The van der Waals surface area contributed by atoms with Crippen LogP contribution in [0.15, 0.2) is 42.7 Å². The molecule has 0 spiro atoms. The molecule has 1 aromatic carbocycles. The molecule has 1 saturated carbocycles. The van der Waals surface area contributed by atoms with E-state index in [4.69, 9.17) is 10.8 Å². The van der Waals surface area contributed by atoms with Gasteiger partial charge in [-0.15, -0.1) is 0 Å². The SMILES string of the molecule is C[C@H](NC(=O)O)[C@@H](Nc1nc(Nc2cccc(-n3nccn3)c2)c(C(N)=O)cc1F)C1CC1. The van der Waals surface area contributed by atoms with Gasteiger partial charge in [-0.05, 0) is 49.9 Å². The fourth-order valence-electron chi connectivity index (χ4n) is 3.62. The minimum Gasteiger partial charge on any atom is -0.465 e. The maximum absolute atomic E-state index is 14.8. The van der Waals surface area contributed by atoms with Crippen LogP contribution in [0.5, 0.6) is 0 Å². The monoisotopic (exact) mass is 454 g/mol. The van der Waals surface area contributed by atoms with Crippen LogP contribution in [0, 0.1) is 11.7 Å². The first-order valence-corrected chi connectivity index (χ1v) is 10.3. The molecule has 0 bridgehead atoms. The maximum Gasteiger partial charge on any atom is 0.404 e. The second-order valence-corrected chi connectivity index (χ2v) is 7.82. The van der Waals surface area contributed by atoms with Crippen molar-refractivity contribution in [3.63, 3.8) is 0 Å². The molecule has 0 saturated heterocycles. The van der Waals surface area contributed by atoms with Crippen LogP contribution in [0.2, 0.25) is 0 Å². The number of aromatic nitrogens is 4. The Hall–Kier alpha value is -4.22. The smallest absolute Gasteiger partial charge is 0.404 e. The number of anilines is 3. The zero-order valence-corrected chi connectivity index (χ0v) is 17.7. The Morgan fingerprint density at radius 2 is 1.94 bits per heavy atom. The first-order valence-electron chi connectivity index (χ1n) is 10.3. The van der Waals surface area contributed by atoms with Crippen LogP contribution in [-0.2, 0) is 0 Å². The van der Waals surface area contributed by atoms with E-state index < -0.39 is 23.9 Å². The van der Waals surface area contributed by atoms with Gasteiger partial charge in [0.05, 0.1) is 29.7 Å². The number of carboxylic acid groups (broad SMARTS) is 1. The van der Waals surface area contributed by atoms with Gasteiger partial charge in [0, 0.05) is 11.7 Å². The zero-order valence-electron chi connectivity index (χ0n) is 17.7. The third-order valence-corrected chi connectivity index (χ3v) is 5.32. The summed E-state index contributed by atoms with van der Waals surface area (Å²) in [5.41, 5.74) is 6.54. The average Bonchev–Trinajstić information content (AvgIpc) is 3.45. The molecule has 12 heteroatoms. The molecule has 0 aliphatic heterocycles. The Kier molecular flexibility index (Phi) is 6.07. The van der Waals surface area contributed by atoms with Gasteiger partial charge < -0.3 is 26.8 Å². The lowest BCUT2D eigenvalue weighted by Crippen LogP contribution is -2.45. The van der Waals surface area contributed by atoms with E-state index in [2.05, 4.69) is 31.1 Å². The summed E-state index contributed by atoms with van der Waals surface area (Å²) in [4.78, 5) is 28.7. The molecule has 2 amide bonds. The number of nitrogens with two attached hydrogens (primary N) is 1. The van der Waals surface area contributed by atoms with E-state index in [1.807, 2.05) is 0 Å². The van der Waals surface area contributed by atoms with Crippen molar-refractivity contribution in [2.24, 2.45) is 11.7 Å². The molecule has 11 nitrogen and oxygen atoms in total. The van der Waals surface area contributed by atoms with Gasteiger partial charge in [0.2, 0.25) is 0 Å². The molecule has 172 valence electrons. The second kappa shape index (κ2) is 9.10. The van der Waals surface area contributed by atoms with E-state index in [9.17, 15) is 14.0 Å². The summed E-state index contributed by atoms with van der Waals surface area (Å²) in [6.45, 7) is 1.70. The van der Waals surface area contributed by atoms with Gasteiger partial charge in [-0.3, -0.25) is 4.79 Å². The second-order valence-electron chi connectivity index (χ2n) is 7.82. The molecule has 1 fully saturated rings. The molecule has 2 atom stereocenters. The number of hydrogen-bond donors (Lipinski definition) is 5. The number of halogens is 1. The van der Waals surface area contributed by atoms with Gasteiger partial charge in [0.25, 0.3) is 5.91 Å². The average molecular weight is 454 g/mol. The molecular formula is C21H23FN8O3. The molecule has 2 aromatic heterocycles. The van der Waals surface area contributed by atoms with Gasteiger partial charge in [-0.2, -0.15) is 15.0 Å². The molecular weight excluding hydrogens is 431 g/mol. The standard InChI is InChI=1S/C21H23FN8O3/c1-11(26-21(32)33)17(12-5-6-12)28-20-16(22)10-15(18(23)31)19(29-20)27-13-3-2-4-14(9-13)30-24-7-8-25-30/h2-4,7-12,17,26H,5-6H2,1H3,(H2,23,31)(H,32,33)(H2,27,28,29)/t11-,17+/m0/s1. The van der Waals surface area contributed by atoms with E-state index in [0.29, 0.717) is 11.4 Å². The Labute approximate surface area is 188 Å². The third-order valence-electron chi connectivity index (χ3n) is 5.32. The molecule has 0 radical (unpaired) electrons. The number of amides is 2. The minimum atomic E-state index is -1.17. The highest BCUT2D eigenvalue weighted by Crippen LogP contribution is 2.36. The van der Waals surface area contributed by atoms with Gasteiger partial charge in [-0.25, -0.2) is 14.2 Å². The molecule has 6 N–H and O–H groups in total. The largest absolute Gasteiger partial charge is 0.465 e. The number of pyridine rings is 1. The Balaban J connectivity index is 1.64. The summed E-state index contributed by atoms with van der Waals surface area (Å²) in [6, 6.07) is 7.18. The summed E-state index contributed by atoms with van der Waals surface area (Å²) >= 11 is 0. The lowest BCUT2D eigenvalue weighted by molar-refractivity contribution is 0.100. The van der Waals surface area contributed by atoms with Gasteiger partial charge in [0.15, 0.2) is 11.6 Å². The lowest BCUT2D eigenvalue weighted by atomic mass is 10.0. The van der Waals surface area contributed by atoms with Crippen LogP contribution in [0.4, 0.5) is 26.5 Å². The molecule has 4 rings (SSSR count). The molecule has 1 aliphatic rings. The Morgan fingerprint density at radius 3 is 2.58 bits per heavy atom. The number of nitrogens with one attached hydrogen (secondary N) is 3. The van der Waals surface area contributed by atoms with Gasteiger partial charge in [0.1, 0.15) is 5.82 Å². The number of carbonyl (C=O) groups excluding carboxylic acids is 1. The van der Waals surface area contributed by atoms with Crippen molar-refractivity contribution in [1.29, 1.82) is 0 Å². The van der Waals surface area contributed by atoms with Crippen molar-refractivity contribution < 1.29 is 19.1 Å². The summed E-state index contributed by atoms with van der Waals surface area (Å²) < 4.78 is 14.8. The normalized spacial score (nSPS) is 14.8. The predicted octanol–water partition coefficient (Wildman–Crippen LogP) is 2.49. The minimum absolute atomic E-state index is 0.0605. The van der Waals surface area contributed by atoms with Crippen LogP contribution in [0.25, 0.3) is 5.69 Å². The van der Waals surface area contributed by atoms with Crippen molar-refractivity contribution in [2.45, 2.75) is 31.8 Å². The predicted molar refractivity (Wildman–Crippen MR) is 118 cm³/mol. The molecule has 2 heterocycles. The first kappa shape index (κ1) is 22.0. The van der Waals surface area contributed by atoms with E-state index in [-0.39, 0.29) is 29.2 Å². The third kappa shape index (κ3) is 5.17. The number of primary amides is 1. The summed E-state index contributed by atoms with van der Waals surface area (Å²) in [5.74, 6) is -1.48. The van der Waals surface area contributed by atoms with Gasteiger partial charge >= 0.3 is 6.09 Å². The van der Waals surface area contributed by atoms with E-state index in [1.165, 1.54) is 4.80 Å². The van der Waals surface area contributed by atoms with Crippen LogP contribution in [0.1, 0.15) is 30.1 Å². The van der Waals surface area contributed by atoms with E-state index >= 15 is 0 Å². The lowest BCUT2D eigenvalue weighted by Gasteiger charge is -2.26. The molecule has 3 aromatic rings.